The van der Waals surface area contributed by atoms with Crippen LogP contribution in [0.5, 0.6) is 5.75 Å². The number of aromatic nitrogens is 1. The van der Waals surface area contributed by atoms with Gasteiger partial charge in [0.1, 0.15) is 5.75 Å². The molecule has 0 N–H and O–H groups in total. The Morgan fingerprint density at radius 3 is 2.44 bits per heavy atom. The van der Waals surface area contributed by atoms with Crippen LogP contribution < -0.4 is 9.64 Å². The number of ether oxygens (including phenoxy) is 1. The third-order valence-electron chi connectivity index (χ3n) is 5.78. The van der Waals surface area contributed by atoms with Crippen molar-refractivity contribution in [3.05, 3.63) is 102 Å². The predicted molar refractivity (Wildman–Crippen MR) is 137 cm³/mol. The quantitative estimate of drug-likeness (QED) is 0.237. The van der Waals surface area contributed by atoms with Gasteiger partial charge in [-0.05, 0) is 41.5 Å². The standard InChI is InChI=1S/C28H21F3N2O2S/c1-2-35-22-16-15-19-11-6-7-12-20(19)24(22)26(34)33(17-18-9-4-3-5-10-18)27-32-25-21(28(29,30)31)13-8-14-23(25)36-27/h3-16H,2,17H2,1H3. The van der Waals surface area contributed by atoms with Crippen LogP contribution in [0.1, 0.15) is 28.4 Å². The molecule has 36 heavy (non-hydrogen) atoms. The van der Waals surface area contributed by atoms with E-state index in [0.29, 0.717) is 28.0 Å². The zero-order chi connectivity index (χ0) is 25.3. The molecule has 1 aromatic heterocycles. The summed E-state index contributed by atoms with van der Waals surface area (Å²) < 4.78 is 47.2. The van der Waals surface area contributed by atoms with Gasteiger partial charge in [-0.1, -0.05) is 78.1 Å². The van der Waals surface area contributed by atoms with Gasteiger partial charge in [-0.15, -0.1) is 0 Å². The maximum Gasteiger partial charge on any atom is 0.418 e. The Morgan fingerprint density at radius 2 is 1.69 bits per heavy atom. The molecule has 4 aromatic carbocycles. The molecule has 4 nitrogen and oxygen atoms in total. The van der Waals surface area contributed by atoms with Gasteiger partial charge < -0.3 is 4.74 Å². The fourth-order valence-electron chi connectivity index (χ4n) is 4.16. The largest absolute Gasteiger partial charge is 0.493 e. The van der Waals surface area contributed by atoms with Crippen LogP contribution in [0.15, 0.2) is 84.9 Å². The first-order chi connectivity index (χ1) is 17.4. The average molecular weight is 507 g/mol. The third-order valence-corrected chi connectivity index (χ3v) is 6.82. The number of anilines is 1. The molecule has 8 heteroatoms. The molecule has 5 aromatic rings. The summed E-state index contributed by atoms with van der Waals surface area (Å²) in [4.78, 5) is 20.0. The van der Waals surface area contributed by atoms with E-state index in [0.717, 1.165) is 28.4 Å². The fourth-order valence-corrected chi connectivity index (χ4v) is 5.15. The summed E-state index contributed by atoms with van der Waals surface area (Å²) in [5.41, 5.74) is 0.175. The second-order valence-electron chi connectivity index (χ2n) is 8.12. The van der Waals surface area contributed by atoms with Crippen LogP contribution in [0.25, 0.3) is 21.0 Å². The van der Waals surface area contributed by atoms with Gasteiger partial charge >= 0.3 is 6.18 Å². The number of rotatable bonds is 6. The number of hydrogen-bond donors (Lipinski definition) is 0. The van der Waals surface area contributed by atoms with Crippen molar-refractivity contribution >= 4 is 43.4 Å². The second-order valence-corrected chi connectivity index (χ2v) is 9.13. The van der Waals surface area contributed by atoms with Crippen molar-refractivity contribution in [1.82, 2.24) is 4.98 Å². The molecule has 0 spiro atoms. The van der Waals surface area contributed by atoms with Gasteiger partial charge in [-0.25, -0.2) is 4.98 Å². The lowest BCUT2D eigenvalue weighted by atomic mass is 10.0. The van der Waals surface area contributed by atoms with Crippen molar-refractivity contribution in [2.75, 3.05) is 11.5 Å². The number of carbonyl (C=O) groups excluding carboxylic acids is 1. The number of halogens is 3. The number of hydrogen-bond acceptors (Lipinski definition) is 4. The van der Waals surface area contributed by atoms with Crippen molar-refractivity contribution in [1.29, 1.82) is 0 Å². The SMILES string of the molecule is CCOc1ccc2ccccc2c1C(=O)N(Cc1ccccc1)c1nc2c(C(F)(F)F)cccc2s1. The summed E-state index contributed by atoms with van der Waals surface area (Å²) in [6.07, 6.45) is -4.56. The summed E-state index contributed by atoms with van der Waals surface area (Å²) in [7, 11) is 0. The first-order valence-corrected chi connectivity index (χ1v) is 12.2. The molecule has 0 aliphatic carbocycles. The lowest BCUT2D eigenvalue weighted by Crippen LogP contribution is -2.31. The highest BCUT2D eigenvalue weighted by atomic mass is 32.1. The van der Waals surface area contributed by atoms with Gasteiger partial charge in [-0.3, -0.25) is 9.69 Å². The Morgan fingerprint density at radius 1 is 0.944 bits per heavy atom. The Kier molecular flexibility index (Phi) is 6.36. The first-order valence-electron chi connectivity index (χ1n) is 11.3. The van der Waals surface area contributed by atoms with Crippen molar-refractivity contribution in [2.24, 2.45) is 0 Å². The van der Waals surface area contributed by atoms with E-state index in [-0.39, 0.29) is 17.2 Å². The van der Waals surface area contributed by atoms with Gasteiger partial charge in [-0.2, -0.15) is 13.2 Å². The monoisotopic (exact) mass is 506 g/mol. The highest BCUT2D eigenvalue weighted by Crippen LogP contribution is 2.40. The van der Waals surface area contributed by atoms with Crippen molar-refractivity contribution in [3.8, 4) is 5.75 Å². The van der Waals surface area contributed by atoms with Gasteiger partial charge in [0.15, 0.2) is 5.13 Å². The summed E-state index contributed by atoms with van der Waals surface area (Å²) in [5, 5.41) is 1.74. The number of carbonyl (C=O) groups is 1. The Labute approximate surface area is 209 Å². The zero-order valence-corrected chi connectivity index (χ0v) is 20.1. The number of benzene rings is 4. The van der Waals surface area contributed by atoms with E-state index in [4.69, 9.17) is 4.74 Å². The molecule has 0 saturated carbocycles. The smallest absolute Gasteiger partial charge is 0.418 e. The van der Waals surface area contributed by atoms with E-state index in [2.05, 4.69) is 4.98 Å². The highest BCUT2D eigenvalue weighted by molar-refractivity contribution is 7.22. The zero-order valence-electron chi connectivity index (χ0n) is 19.3. The molecule has 0 saturated heterocycles. The molecule has 1 amide bonds. The van der Waals surface area contributed by atoms with Gasteiger partial charge in [0.25, 0.3) is 5.91 Å². The molecular formula is C28H21F3N2O2S. The minimum atomic E-state index is -4.56. The normalized spacial score (nSPS) is 11.7. The molecule has 182 valence electrons. The minimum Gasteiger partial charge on any atom is -0.493 e. The number of fused-ring (bicyclic) bond motifs is 2. The molecule has 0 radical (unpaired) electrons. The first kappa shape index (κ1) is 23.8. The lowest BCUT2D eigenvalue weighted by molar-refractivity contribution is -0.136. The summed E-state index contributed by atoms with van der Waals surface area (Å²) >= 11 is 1.06. The predicted octanol–water partition coefficient (Wildman–Crippen LogP) is 7.71. The third kappa shape index (κ3) is 4.52. The second kappa shape index (κ2) is 9.62. The maximum atomic E-state index is 14.2. The molecule has 1 heterocycles. The van der Waals surface area contributed by atoms with Crippen LogP contribution in [0, 0.1) is 0 Å². The number of para-hydroxylation sites is 1. The number of alkyl halides is 3. The van der Waals surface area contributed by atoms with Gasteiger partial charge in [0.05, 0.1) is 34.5 Å². The topological polar surface area (TPSA) is 42.4 Å². The molecular weight excluding hydrogens is 485 g/mol. The molecule has 0 unspecified atom stereocenters. The average Bonchev–Trinajstić information content (AvgIpc) is 3.31. The van der Waals surface area contributed by atoms with Crippen LogP contribution in [0.2, 0.25) is 0 Å². The van der Waals surface area contributed by atoms with Crippen LogP contribution in [0.4, 0.5) is 18.3 Å². The Hall–Kier alpha value is -3.91. The summed E-state index contributed by atoms with van der Waals surface area (Å²) in [5.74, 6) is 0.0167. The Balaban J connectivity index is 1.70. The van der Waals surface area contributed by atoms with Crippen LogP contribution in [-0.2, 0) is 12.7 Å². The lowest BCUT2D eigenvalue weighted by Gasteiger charge is -2.22. The molecule has 0 bridgehead atoms. The molecule has 5 rings (SSSR count). The molecule has 0 aliphatic heterocycles. The molecule has 0 atom stereocenters. The van der Waals surface area contributed by atoms with E-state index in [1.165, 1.54) is 11.0 Å². The number of thiazole rings is 1. The van der Waals surface area contributed by atoms with E-state index in [1.807, 2.05) is 67.6 Å². The highest BCUT2D eigenvalue weighted by Gasteiger charge is 2.35. The van der Waals surface area contributed by atoms with Crippen LogP contribution in [0.3, 0.4) is 0 Å². The van der Waals surface area contributed by atoms with Crippen molar-refractivity contribution < 1.29 is 22.7 Å². The van der Waals surface area contributed by atoms with Crippen LogP contribution in [-0.4, -0.2) is 17.5 Å². The number of nitrogens with zero attached hydrogens (tertiary/aromatic N) is 2. The maximum absolute atomic E-state index is 14.2. The molecule has 0 aliphatic rings. The van der Waals surface area contributed by atoms with Gasteiger partial charge in [0.2, 0.25) is 0 Å². The number of amides is 1. The van der Waals surface area contributed by atoms with E-state index in [1.54, 1.807) is 12.1 Å². The fraction of sp³-hybridized carbons (Fsp3) is 0.143. The summed E-state index contributed by atoms with van der Waals surface area (Å²) in [6.45, 7) is 2.32. The Bertz CT molecular complexity index is 1550. The van der Waals surface area contributed by atoms with Gasteiger partial charge in [0, 0.05) is 0 Å². The van der Waals surface area contributed by atoms with Crippen LogP contribution >= 0.6 is 11.3 Å². The van der Waals surface area contributed by atoms with Crippen molar-refractivity contribution in [2.45, 2.75) is 19.6 Å². The molecule has 0 fully saturated rings. The van der Waals surface area contributed by atoms with E-state index in [9.17, 15) is 18.0 Å². The summed E-state index contributed by atoms with van der Waals surface area (Å²) in [6, 6.07) is 24.3. The van der Waals surface area contributed by atoms with E-state index < -0.39 is 17.6 Å². The minimum absolute atomic E-state index is 0.135. The van der Waals surface area contributed by atoms with Crippen molar-refractivity contribution in [3.63, 3.8) is 0 Å². The van der Waals surface area contributed by atoms with E-state index >= 15 is 0 Å².